The van der Waals surface area contributed by atoms with E-state index in [1.165, 1.54) is 0 Å². The van der Waals surface area contributed by atoms with Crippen molar-refractivity contribution in [1.82, 2.24) is 4.98 Å². The fourth-order valence-corrected chi connectivity index (χ4v) is 2.07. The first kappa shape index (κ1) is 11.9. The van der Waals surface area contributed by atoms with Gasteiger partial charge in [-0.05, 0) is 30.4 Å². The molecule has 0 radical (unpaired) electrons. The molecule has 1 aliphatic heterocycles. The zero-order chi connectivity index (χ0) is 12.5. The van der Waals surface area contributed by atoms with E-state index in [4.69, 9.17) is 5.11 Å². The lowest BCUT2D eigenvalue weighted by atomic mass is 9.82. The van der Waals surface area contributed by atoms with Crippen molar-refractivity contribution in [2.24, 2.45) is 5.41 Å². The van der Waals surface area contributed by atoms with E-state index in [1.54, 1.807) is 12.3 Å². The number of piperidine rings is 1. The standard InChI is InChI=1S/C13H18N2O2/c1-13(2)5-7-15(8-6-13)10-3-4-11(12(16)17)14-9-10/h3-4,9H,5-8H2,1-2H3,(H,16,17). The van der Waals surface area contributed by atoms with Crippen molar-refractivity contribution in [2.75, 3.05) is 18.0 Å². The SMILES string of the molecule is CC1(C)CCN(c2ccc(C(=O)O)nc2)CC1. The molecule has 92 valence electrons. The predicted molar refractivity (Wildman–Crippen MR) is 66.4 cm³/mol. The fourth-order valence-electron chi connectivity index (χ4n) is 2.07. The van der Waals surface area contributed by atoms with E-state index in [1.807, 2.05) is 6.07 Å². The molecule has 1 aliphatic rings. The molecule has 0 saturated carbocycles. The largest absolute Gasteiger partial charge is 0.477 e. The highest BCUT2D eigenvalue weighted by atomic mass is 16.4. The van der Waals surface area contributed by atoms with Crippen molar-refractivity contribution in [3.8, 4) is 0 Å². The Balaban J connectivity index is 2.06. The van der Waals surface area contributed by atoms with E-state index in [0.29, 0.717) is 5.41 Å². The van der Waals surface area contributed by atoms with Crippen LogP contribution < -0.4 is 4.90 Å². The maximum absolute atomic E-state index is 10.7. The number of carbonyl (C=O) groups is 1. The number of carboxylic acid groups (broad SMARTS) is 1. The van der Waals surface area contributed by atoms with Crippen LogP contribution in [0.2, 0.25) is 0 Å². The Morgan fingerprint density at radius 1 is 1.35 bits per heavy atom. The average molecular weight is 234 g/mol. The lowest BCUT2D eigenvalue weighted by Crippen LogP contribution is -2.37. The maximum Gasteiger partial charge on any atom is 0.354 e. The molecule has 4 nitrogen and oxygen atoms in total. The second-order valence-electron chi connectivity index (χ2n) is 5.36. The summed E-state index contributed by atoms with van der Waals surface area (Å²) < 4.78 is 0. The summed E-state index contributed by atoms with van der Waals surface area (Å²) in [6, 6.07) is 3.41. The van der Waals surface area contributed by atoms with E-state index >= 15 is 0 Å². The van der Waals surface area contributed by atoms with Gasteiger partial charge in [-0.3, -0.25) is 0 Å². The summed E-state index contributed by atoms with van der Waals surface area (Å²) in [4.78, 5) is 16.9. The van der Waals surface area contributed by atoms with Crippen LogP contribution in [0.3, 0.4) is 0 Å². The molecule has 4 heteroatoms. The van der Waals surface area contributed by atoms with Gasteiger partial charge in [0.25, 0.3) is 0 Å². The topological polar surface area (TPSA) is 53.4 Å². The van der Waals surface area contributed by atoms with Crippen molar-refractivity contribution >= 4 is 11.7 Å². The number of aromatic nitrogens is 1. The molecule has 0 atom stereocenters. The highest BCUT2D eigenvalue weighted by Gasteiger charge is 2.25. The summed E-state index contributed by atoms with van der Waals surface area (Å²) in [6.07, 6.45) is 3.98. The zero-order valence-electron chi connectivity index (χ0n) is 10.3. The molecule has 1 aromatic heterocycles. The molecule has 1 aromatic rings. The van der Waals surface area contributed by atoms with Crippen LogP contribution in [0.4, 0.5) is 5.69 Å². The Morgan fingerprint density at radius 3 is 2.47 bits per heavy atom. The lowest BCUT2D eigenvalue weighted by Gasteiger charge is -2.38. The van der Waals surface area contributed by atoms with Gasteiger partial charge in [-0.2, -0.15) is 0 Å². The summed E-state index contributed by atoms with van der Waals surface area (Å²) in [5, 5.41) is 8.78. The van der Waals surface area contributed by atoms with Crippen LogP contribution in [-0.2, 0) is 0 Å². The normalized spacial score (nSPS) is 19.1. The third-order valence-corrected chi connectivity index (χ3v) is 3.45. The Hall–Kier alpha value is -1.58. The summed E-state index contributed by atoms with van der Waals surface area (Å²) in [6.45, 7) is 6.61. The van der Waals surface area contributed by atoms with Gasteiger partial charge in [0.1, 0.15) is 5.69 Å². The van der Waals surface area contributed by atoms with E-state index in [9.17, 15) is 4.79 Å². The van der Waals surface area contributed by atoms with Crippen LogP contribution in [0, 0.1) is 5.41 Å². The van der Waals surface area contributed by atoms with Crippen LogP contribution in [0.15, 0.2) is 18.3 Å². The molecule has 0 spiro atoms. The van der Waals surface area contributed by atoms with Crippen LogP contribution in [0.25, 0.3) is 0 Å². The van der Waals surface area contributed by atoms with E-state index < -0.39 is 5.97 Å². The first-order valence-electron chi connectivity index (χ1n) is 5.92. The van der Waals surface area contributed by atoms with Gasteiger partial charge in [0.05, 0.1) is 11.9 Å². The van der Waals surface area contributed by atoms with Crippen LogP contribution in [0.5, 0.6) is 0 Å². The Morgan fingerprint density at radius 2 is 2.00 bits per heavy atom. The molecule has 0 aromatic carbocycles. The molecule has 0 bridgehead atoms. The number of hydrogen-bond donors (Lipinski definition) is 1. The first-order valence-corrected chi connectivity index (χ1v) is 5.92. The van der Waals surface area contributed by atoms with Gasteiger partial charge >= 0.3 is 5.97 Å². The fraction of sp³-hybridized carbons (Fsp3) is 0.538. The minimum absolute atomic E-state index is 0.103. The maximum atomic E-state index is 10.7. The van der Waals surface area contributed by atoms with E-state index in [-0.39, 0.29) is 5.69 Å². The van der Waals surface area contributed by atoms with Crippen LogP contribution >= 0.6 is 0 Å². The molecule has 1 fully saturated rings. The van der Waals surface area contributed by atoms with Gasteiger partial charge in [-0.25, -0.2) is 9.78 Å². The Kier molecular flexibility index (Phi) is 3.05. The monoisotopic (exact) mass is 234 g/mol. The highest BCUT2D eigenvalue weighted by Crippen LogP contribution is 2.31. The predicted octanol–water partition coefficient (Wildman–Crippen LogP) is 2.41. The molecule has 0 unspecified atom stereocenters. The second kappa shape index (κ2) is 4.35. The molecular formula is C13H18N2O2. The third kappa shape index (κ3) is 2.75. The number of rotatable bonds is 2. The summed E-state index contributed by atoms with van der Waals surface area (Å²) in [5.74, 6) is -0.976. The minimum atomic E-state index is -0.976. The molecule has 1 N–H and O–H groups in total. The van der Waals surface area contributed by atoms with Crippen LogP contribution in [0.1, 0.15) is 37.2 Å². The van der Waals surface area contributed by atoms with Gasteiger partial charge < -0.3 is 10.0 Å². The average Bonchev–Trinajstić information content (AvgIpc) is 2.29. The van der Waals surface area contributed by atoms with Gasteiger partial charge in [0.2, 0.25) is 0 Å². The molecule has 17 heavy (non-hydrogen) atoms. The van der Waals surface area contributed by atoms with Crippen molar-refractivity contribution in [3.05, 3.63) is 24.0 Å². The van der Waals surface area contributed by atoms with Gasteiger partial charge in [-0.15, -0.1) is 0 Å². The molecule has 0 amide bonds. The van der Waals surface area contributed by atoms with Gasteiger partial charge in [-0.1, -0.05) is 13.8 Å². The summed E-state index contributed by atoms with van der Waals surface area (Å²) in [5.41, 5.74) is 1.54. The van der Waals surface area contributed by atoms with Crippen molar-refractivity contribution in [2.45, 2.75) is 26.7 Å². The molecular weight excluding hydrogens is 216 g/mol. The highest BCUT2D eigenvalue weighted by molar-refractivity contribution is 5.85. The minimum Gasteiger partial charge on any atom is -0.477 e. The number of anilines is 1. The van der Waals surface area contributed by atoms with Crippen molar-refractivity contribution < 1.29 is 9.90 Å². The molecule has 2 rings (SSSR count). The smallest absolute Gasteiger partial charge is 0.354 e. The Bertz CT molecular complexity index is 402. The summed E-state index contributed by atoms with van der Waals surface area (Å²) >= 11 is 0. The lowest BCUT2D eigenvalue weighted by molar-refractivity contribution is 0.0690. The number of nitrogens with zero attached hydrogens (tertiary/aromatic N) is 2. The number of carboxylic acids is 1. The second-order valence-corrected chi connectivity index (χ2v) is 5.36. The van der Waals surface area contributed by atoms with Gasteiger partial charge in [0, 0.05) is 13.1 Å². The van der Waals surface area contributed by atoms with Gasteiger partial charge in [0.15, 0.2) is 0 Å². The van der Waals surface area contributed by atoms with Crippen molar-refractivity contribution in [3.63, 3.8) is 0 Å². The number of hydrogen-bond acceptors (Lipinski definition) is 3. The van der Waals surface area contributed by atoms with E-state index in [2.05, 4.69) is 23.7 Å². The molecule has 0 aliphatic carbocycles. The third-order valence-electron chi connectivity index (χ3n) is 3.45. The summed E-state index contributed by atoms with van der Waals surface area (Å²) in [7, 11) is 0. The Labute approximate surface area is 101 Å². The molecule has 1 saturated heterocycles. The number of aromatic carboxylic acids is 1. The quantitative estimate of drug-likeness (QED) is 0.853. The first-order chi connectivity index (χ1) is 7.98. The zero-order valence-corrected chi connectivity index (χ0v) is 10.3. The number of pyridine rings is 1. The van der Waals surface area contributed by atoms with E-state index in [0.717, 1.165) is 31.6 Å². The molecule has 2 heterocycles. The van der Waals surface area contributed by atoms with Crippen molar-refractivity contribution in [1.29, 1.82) is 0 Å². The van der Waals surface area contributed by atoms with Crippen LogP contribution in [-0.4, -0.2) is 29.1 Å².